The van der Waals surface area contributed by atoms with E-state index >= 15 is 0 Å². The number of halogens is 1. The lowest BCUT2D eigenvalue weighted by Gasteiger charge is -2.28. The van der Waals surface area contributed by atoms with Crippen LogP contribution in [0.5, 0.6) is 0 Å². The van der Waals surface area contributed by atoms with E-state index in [0.717, 1.165) is 25.9 Å². The van der Waals surface area contributed by atoms with Crippen molar-refractivity contribution in [2.45, 2.75) is 25.9 Å². The highest BCUT2D eigenvalue weighted by Crippen LogP contribution is 2.09. The first kappa shape index (κ1) is 11.4. The van der Waals surface area contributed by atoms with E-state index in [9.17, 15) is 9.18 Å². The average molecular weight is 177 g/mol. The number of carbonyl (C=O) groups excluding carboxylic acids is 1. The zero-order chi connectivity index (χ0) is 9.56. The summed E-state index contributed by atoms with van der Waals surface area (Å²) in [4.78, 5) is 12.5. The van der Waals surface area contributed by atoms with Crippen LogP contribution in [0.15, 0.2) is 0 Å². The summed E-state index contributed by atoms with van der Waals surface area (Å²) in [6.07, 6.45) is 1.29. The Morgan fingerprint density at radius 3 is 2.17 bits per heavy atom. The van der Waals surface area contributed by atoms with E-state index in [2.05, 4.69) is 0 Å². The van der Waals surface area contributed by atoms with Crippen molar-refractivity contribution in [3.05, 3.63) is 0 Å². The number of rotatable bonds is 0. The average Bonchev–Trinajstić information content (AvgIpc) is 2.09. The Balaban J connectivity index is 0.000000561. The predicted octanol–water partition coefficient (Wildman–Crippen LogP) is 0.575. The first-order valence-corrected chi connectivity index (χ1v) is 4.01. The molecule has 1 rings (SSSR count). The molecule has 72 valence electrons. The standard InChI is InChI=1S/C7H13NO2.CH3F/c1-6(9)8-4-2-7(10)3-5-8;1-2/h7,10H,2-5H2,1H3;1H3. The Bertz CT molecular complexity index is 133. The molecule has 1 aliphatic rings. The van der Waals surface area contributed by atoms with Gasteiger partial charge in [0, 0.05) is 20.0 Å². The Morgan fingerprint density at radius 1 is 1.42 bits per heavy atom. The highest BCUT2D eigenvalue weighted by atomic mass is 19.1. The SMILES string of the molecule is CC(=O)N1CCC(O)CC1.CF. The third-order valence-corrected chi connectivity index (χ3v) is 1.91. The molecule has 0 aromatic carbocycles. The zero-order valence-corrected chi connectivity index (χ0v) is 7.59. The van der Waals surface area contributed by atoms with Gasteiger partial charge in [-0.05, 0) is 12.8 Å². The minimum Gasteiger partial charge on any atom is -0.393 e. The summed E-state index contributed by atoms with van der Waals surface area (Å²) in [6, 6.07) is 0. The third-order valence-electron chi connectivity index (χ3n) is 1.91. The molecule has 1 amide bonds. The van der Waals surface area contributed by atoms with Gasteiger partial charge in [-0.3, -0.25) is 9.18 Å². The van der Waals surface area contributed by atoms with Crippen molar-refractivity contribution < 1.29 is 14.3 Å². The molecule has 12 heavy (non-hydrogen) atoms. The van der Waals surface area contributed by atoms with Crippen molar-refractivity contribution >= 4 is 5.91 Å². The van der Waals surface area contributed by atoms with Crippen LogP contribution in [0, 0.1) is 0 Å². The number of nitrogens with zero attached hydrogens (tertiary/aromatic N) is 1. The lowest BCUT2D eigenvalue weighted by atomic mass is 10.1. The van der Waals surface area contributed by atoms with E-state index in [1.807, 2.05) is 0 Å². The van der Waals surface area contributed by atoms with Gasteiger partial charge >= 0.3 is 0 Å². The van der Waals surface area contributed by atoms with Crippen LogP contribution in [0.1, 0.15) is 19.8 Å². The Labute approximate surface area is 72.2 Å². The van der Waals surface area contributed by atoms with Crippen molar-refractivity contribution in [1.29, 1.82) is 0 Å². The van der Waals surface area contributed by atoms with Gasteiger partial charge in [0.15, 0.2) is 0 Å². The van der Waals surface area contributed by atoms with Crippen LogP contribution in [-0.2, 0) is 4.79 Å². The van der Waals surface area contributed by atoms with Gasteiger partial charge in [-0.1, -0.05) is 0 Å². The molecule has 1 aliphatic heterocycles. The number of piperidine rings is 1. The van der Waals surface area contributed by atoms with Crippen LogP contribution in [-0.4, -0.2) is 42.3 Å². The van der Waals surface area contributed by atoms with Crippen molar-refractivity contribution in [3.63, 3.8) is 0 Å². The fourth-order valence-electron chi connectivity index (χ4n) is 1.18. The lowest BCUT2D eigenvalue weighted by molar-refractivity contribution is -0.130. The van der Waals surface area contributed by atoms with Crippen LogP contribution >= 0.6 is 0 Å². The second-order valence-corrected chi connectivity index (χ2v) is 2.74. The molecule has 0 unspecified atom stereocenters. The largest absolute Gasteiger partial charge is 0.393 e. The van der Waals surface area contributed by atoms with Crippen LogP contribution in [0.2, 0.25) is 0 Å². The van der Waals surface area contributed by atoms with Gasteiger partial charge in [0.05, 0.1) is 13.3 Å². The normalized spacial score (nSPS) is 18.2. The molecular formula is C8H16FNO2. The molecular weight excluding hydrogens is 161 g/mol. The summed E-state index contributed by atoms with van der Waals surface area (Å²) >= 11 is 0. The summed E-state index contributed by atoms with van der Waals surface area (Å²) in [5.74, 6) is 0.118. The summed E-state index contributed by atoms with van der Waals surface area (Å²) < 4.78 is 9.50. The highest BCUT2D eigenvalue weighted by molar-refractivity contribution is 5.73. The van der Waals surface area contributed by atoms with E-state index in [1.165, 1.54) is 0 Å². The van der Waals surface area contributed by atoms with Gasteiger partial charge in [0.1, 0.15) is 0 Å². The number of amides is 1. The summed E-state index contributed by atoms with van der Waals surface area (Å²) in [6.45, 7) is 3.00. The maximum atomic E-state index is 10.7. The van der Waals surface area contributed by atoms with Crippen LogP contribution < -0.4 is 0 Å². The van der Waals surface area contributed by atoms with Crippen LogP contribution in [0.25, 0.3) is 0 Å². The smallest absolute Gasteiger partial charge is 0.219 e. The Kier molecular flexibility index (Phi) is 5.62. The fraction of sp³-hybridized carbons (Fsp3) is 0.875. The van der Waals surface area contributed by atoms with Gasteiger partial charge < -0.3 is 10.0 Å². The predicted molar refractivity (Wildman–Crippen MR) is 44.5 cm³/mol. The molecule has 1 heterocycles. The molecule has 0 aromatic rings. The summed E-state index contributed by atoms with van der Waals surface area (Å²) in [5.41, 5.74) is 0. The number of hydrogen-bond acceptors (Lipinski definition) is 2. The Hall–Kier alpha value is -0.640. The summed E-state index contributed by atoms with van der Waals surface area (Å²) in [5, 5.41) is 9.07. The topological polar surface area (TPSA) is 40.5 Å². The lowest BCUT2D eigenvalue weighted by Crippen LogP contribution is -2.38. The second kappa shape index (κ2) is 5.94. The number of aliphatic hydroxyl groups excluding tert-OH is 1. The first-order valence-electron chi connectivity index (χ1n) is 4.01. The second-order valence-electron chi connectivity index (χ2n) is 2.74. The Morgan fingerprint density at radius 2 is 1.83 bits per heavy atom. The zero-order valence-electron chi connectivity index (χ0n) is 7.59. The minimum absolute atomic E-state index is 0.118. The van der Waals surface area contributed by atoms with Gasteiger partial charge in [-0.25, -0.2) is 0 Å². The van der Waals surface area contributed by atoms with E-state index < -0.39 is 0 Å². The van der Waals surface area contributed by atoms with Crippen molar-refractivity contribution in [2.75, 3.05) is 20.3 Å². The first-order chi connectivity index (χ1) is 5.70. The van der Waals surface area contributed by atoms with Crippen LogP contribution in [0.3, 0.4) is 0 Å². The molecule has 0 radical (unpaired) electrons. The van der Waals surface area contributed by atoms with Crippen molar-refractivity contribution in [3.8, 4) is 0 Å². The number of aliphatic hydroxyl groups is 1. The number of alkyl halides is 1. The molecule has 0 atom stereocenters. The fourth-order valence-corrected chi connectivity index (χ4v) is 1.18. The molecule has 4 heteroatoms. The van der Waals surface area contributed by atoms with Gasteiger partial charge in [-0.2, -0.15) is 0 Å². The molecule has 3 nitrogen and oxygen atoms in total. The highest BCUT2D eigenvalue weighted by Gasteiger charge is 2.17. The molecule has 1 saturated heterocycles. The molecule has 0 spiro atoms. The van der Waals surface area contributed by atoms with Gasteiger partial charge in [0.25, 0.3) is 0 Å². The van der Waals surface area contributed by atoms with Gasteiger partial charge in [0.2, 0.25) is 5.91 Å². The molecule has 0 aromatic heterocycles. The van der Waals surface area contributed by atoms with Crippen molar-refractivity contribution in [2.24, 2.45) is 0 Å². The van der Waals surface area contributed by atoms with Crippen LogP contribution in [0.4, 0.5) is 4.39 Å². The van der Waals surface area contributed by atoms with E-state index in [-0.39, 0.29) is 12.0 Å². The maximum Gasteiger partial charge on any atom is 0.219 e. The number of likely N-dealkylation sites (tertiary alicyclic amines) is 1. The molecule has 1 fully saturated rings. The van der Waals surface area contributed by atoms with Gasteiger partial charge in [-0.15, -0.1) is 0 Å². The molecule has 0 saturated carbocycles. The maximum absolute atomic E-state index is 10.7. The number of hydrogen-bond donors (Lipinski definition) is 1. The number of carbonyl (C=O) groups is 1. The minimum atomic E-state index is -0.185. The van der Waals surface area contributed by atoms with E-state index in [4.69, 9.17) is 5.11 Å². The molecule has 0 bridgehead atoms. The van der Waals surface area contributed by atoms with E-state index in [1.54, 1.807) is 11.8 Å². The summed E-state index contributed by atoms with van der Waals surface area (Å²) in [7, 11) is 0.500. The molecule has 1 N–H and O–H groups in total. The monoisotopic (exact) mass is 177 g/mol. The quantitative estimate of drug-likeness (QED) is 0.588. The van der Waals surface area contributed by atoms with Crippen molar-refractivity contribution in [1.82, 2.24) is 4.90 Å². The molecule has 0 aliphatic carbocycles. The van der Waals surface area contributed by atoms with E-state index in [0.29, 0.717) is 7.18 Å². The third kappa shape index (κ3) is 3.67.